The van der Waals surface area contributed by atoms with Gasteiger partial charge in [0, 0.05) is 50.1 Å². The standard InChI is InChI=1S/C22H23F3N6O2/c1-21(2,33)14-11-31(12-14)19-7-18(15(9-26-19)22(23,24)25)29-20(32)17-6-4-5-16(28-17)13-8-27-30(3)10-13/h4-10,14,33H,11-12H2,1-3H3,(H,26,29,32). The number of pyridine rings is 2. The largest absolute Gasteiger partial charge is 0.419 e. The second-order valence-corrected chi connectivity index (χ2v) is 8.61. The van der Waals surface area contributed by atoms with Crippen LogP contribution in [0.3, 0.4) is 0 Å². The van der Waals surface area contributed by atoms with Gasteiger partial charge < -0.3 is 15.3 Å². The first-order valence-corrected chi connectivity index (χ1v) is 10.2. The zero-order chi connectivity index (χ0) is 24.0. The van der Waals surface area contributed by atoms with Gasteiger partial charge in [0.15, 0.2) is 0 Å². The maximum atomic E-state index is 13.6. The number of alkyl halides is 3. The van der Waals surface area contributed by atoms with Gasteiger partial charge in [-0.2, -0.15) is 18.3 Å². The maximum absolute atomic E-state index is 13.6. The Morgan fingerprint density at radius 3 is 2.55 bits per heavy atom. The molecule has 0 saturated carbocycles. The molecule has 3 aromatic rings. The first kappa shape index (κ1) is 22.7. The third kappa shape index (κ3) is 4.82. The normalized spacial score (nSPS) is 14.8. The van der Waals surface area contributed by atoms with Crippen LogP contribution in [0.15, 0.2) is 42.9 Å². The summed E-state index contributed by atoms with van der Waals surface area (Å²) < 4.78 is 42.3. The summed E-state index contributed by atoms with van der Waals surface area (Å²) in [5, 5.41) is 16.5. The number of rotatable bonds is 5. The van der Waals surface area contributed by atoms with E-state index in [1.165, 1.54) is 12.1 Å². The average molecular weight is 460 g/mol. The number of nitrogens with zero attached hydrogens (tertiary/aromatic N) is 5. The topological polar surface area (TPSA) is 96.2 Å². The Labute approximate surface area is 188 Å². The highest BCUT2D eigenvalue weighted by Gasteiger charge is 2.39. The van der Waals surface area contributed by atoms with Gasteiger partial charge in [-0.3, -0.25) is 9.48 Å². The summed E-state index contributed by atoms with van der Waals surface area (Å²) in [6, 6.07) is 5.91. The third-order valence-corrected chi connectivity index (χ3v) is 5.63. The summed E-state index contributed by atoms with van der Waals surface area (Å²) in [5.74, 6) is -0.517. The van der Waals surface area contributed by atoms with Crippen LogP contribution in [0.1, 0.15) is 29.9 Å². The van der Waals surface area contributed by atoms with E-state index in [9.17, 15) is 23.1 Å². The Bertz CT molecular complexity index is 1180. The molecular weight excluding hydrogens is 437 g/mol. The van der Waals surface area contributed by atoms with Crippen LogP contribution in [0, 0.1) is 5.92 Å². The van der Waals surface area contributed by atoms with Crippen molar-refractivity contribution in [1.82, 2.24) is 19.7 Å². The Hall–Kier alpha value is -3.47. The van der Waals surface area contributed by atoms with E-state index in [2.05, 4.69) is 20.4 Å². The second kappa shape index (κ2) is 8.14. The number of hydrogen-bond acceptors (Lipinski definition) is 6. The quantitative estimate of drug-likeness (QED) is 0.606. The fourth-order valence-electron chi connectivity index (χ4n) is 3.52. The van der Waals surface area contributed by atoms with E-state index in [1.807, 2.05) is 0 Å². The van der Waals surface area contributed by atoms with Crippen molar-refractivity contribution in [3.8, 4) is 11.3 Å². The monoisotopic (exact) mass is 460 g/mol. The fraction of sp³-hybridized carbons (Fsp3) is 0.364. The van der Waals surface area contributed by atoms with Crippen LogP contribution in [-0.2, 0) is 13.2 Å². The molecular formula is C22H23F3N6O2. The Morgan fingerprint density at radius 1 is 1.21 bits per heavy atom. The highest BCUT2D eigenvalue weighted by molar-refractivity contribution is 6.03. The SMILES string of the molecule is Cn1cc(-c2cccc(C(=O)Nc3cc(N4CC(C(C)(C)O)C4)ncc3C(F)(F)F)n2)cn1. The molecule has 1 amide bonds. The van der Waals surface area contributed by atoms with E-state index >= 15 is 0 Å². The minimum Gasteiger partial charge on any atom is -0.390 e. The summed E-state index contributed by atoms with van der Waals surface area (Å²) in [4.78, 5) is 22.7. The molecule has 3 aromatic heterocycles. The summed E-state index contributed by atoms with van der Waals surface area (Å²) >= 11 is 0. The van der Waals surface area contributed by atoms with Crippen LogP contribution < -0.4 is 10.2 Å². The predicted molar refractivity (Wildman–Crippen MR) is 116 cm³/mol. The molecule has 1 aliphatic rings. The molecule has 174 valence electrons. The van der Waals surface area contributed by atoms with Crippen molar-refractivity contribution in [3.05, 3.63) is 54.1 Å². The Kier molecular flexibility index (Phi) is 5.61. The van der Waals surface area contributed by atoms with E-state index < -0.39 is 28.9 Å². The van der Waals surface area contributed by atoms with Gasteiger partial charge in [0.1, 0.15) is 11.5 Å². The molecule has 0 atom stereocenters. The number of hydrogen-bond donors (Lipinski definition) is 2. The van der Waals surface area contributed by atoms with Gasteiger partial charge in [-0.1, -0.05) is 6.07 Å². The van der Waals surface area contributed by atoms with E-state index in [0.717, 1.165) is 0 Å². The number of aryl methyl sites for hydroxylation is 1. The predicted octanol–water partition coefficient (Wildman–Crippen LogP) is 3.36. The second-order valence-electron chi connectivity index (χ2n) is 8.61. The molecule has 1 aliphatic heterocycles. The molecule has 2 N–H and O–H groups in total. The van der Waals surface area contributed by atoms with Crippen LogP contribution in [0.2, 0.25) is 0 Å². The molecule has 1 fully saturated rings. The van der Waals surface area contributed by atoms with E-state index in [1.54, 1.807) is 55.0 Å². The number of amides is 1. The molecule has 1 saturated heterocycles. The lowest BCUT2D eigenvalue weighted by atomic mass is 9.84. The Balaban J connectivity index is 1.59. The number of anilines is 2. The van der Waals surface area contributed by atoms with Gasteiger partial charge in [0.25, 0.3) is 5.91 Å². The maximum Gasteiger partial charge on any atom is 0.419 e. The van der Waals surface area contributed by atoms with E-state index in [0.29, 0.717) is 30.5 Å². The van der Waals surface area contributed by atoms with Crippen LogP contribution in [0.5, 0.6) is 0 Å². The number of carbonyl (C=O) groups is 1. The van der Waals surface area contributed by atoms with Crippen molar-refractivity contribution >= 4 is 17.4 Å². The van der Waals surface area contributed by atoms with Gasteiger partial charge in [-0.05, 0) is 26.0 Å². The summed E-state index contributed by atoms with van der Waals surface area (Å²) in [6.07, 6.45) is -0.699. The number of aliphatic hydroxyl groups is 1. The lowest BCUT2D eigenvalue weighted by Gasteiger charge is -2.46. The van der Waals surface area contributed by atoms with Crippen molar-refractivity contribution in [2.75, 3.05) is 23.3 Å². The highest BCUT2D eigenvalue weighted by atomic mass is 19.4. The average Bonchev–Trinajstić information content (AvgIpc) is 3.11. The van der Waals surface area contributed by atoms with Crippen molar-refractivity contribution in [2.45, 2.75) is 25.6 Å². The van der Waals surface area contributed by atoms with Crippen molar-refractivity contribution in [2.24, 2.45) is 13.0 Å². The molecule has 4 rings (SSSR count). The third-order valence-electron chi connectivity index (χ3n) is 5.63. The van der Waals surface area contributed by atoms with Crippen LogP contribution >= 0.6 is 0 Å². The molecule has 0 radical (unpaired) electrons. The van der Waals surface area contributed by atoms with Crippen molar-refractivity contribution < 1.29 is 23.1 Å². The molecule has 8 nitrogen and oxygen atoms in total. The lowest BCUT2D eigenvalue weighted by Crippen LogP contribution is -2.56. The fourth-order valence-corrected chi connectivity index (χ4v) is 3.52. The first-order chi connectivity index (χ1) is 15.4. The molecule has 0 unspecified atom stereocenters. The Morgan fingerprint density at radius 2 is 1.94 bits per heavy atom. The van der Waals surface area contributed by atoms with Crippen LogP contribution in [-0.4, -0.2) is 49.5 Å². The van der Waals surface area contributed by atoms with Gasteiger partial charge in [0.2, 0.25) is 0 Å². The van der Waals surface area contributed by atoms with Gasteiger partial charge in [0.05, 0.1) is 28.7 Å². The minimum atomic E-state index is -4.70. The van der Waals surface area contributed by atoms with Gasteiger partial charge in [-0.15, -0.1) is 0 Å². The zero-order valence-corrected chi connectivity index (χ0v) is 18.3. The molecule has 0 bridgehead atoms. The smallest absolute Gasteiger partial charge is 0.390 e. The summed E-state index contributed by atoms with van der Waals surface area (Å²) in [5.41, 5.74) is -1.24. The van der Waals surface area contributed by atoms with Gasteiger partial charge in [-0.25, -0.2) is 9.97 Å². The number of halogens is 3. The first-order valence-electron chi connectivity index (χ1n) is 10.2. The number of aromatic nitrogens is 4. The lowest BCUT2D eigenvalue weighted by molar-refractivity contribution is -0.137. The number of carbonyl (C=O) groups excluding carboxylic acids is 1. The summed E-state index contributed by atoms with van der Waals surface area (Å²) in [6.45, 7) is 4.27. The molecule has 33 heavy (non-hydrogen) atoms. The summed E-state index contributed by atoms with van der Waals surface area (Å²) in [7, 11) is 1.74. The molecule has 0 spiro atoms. The van der Waals surface area contributed by atoms with Crippen molar-refractivity contribution in [1.29, 1.82) is 0 Å². The highest BCUT2D eigenvalue weighted by Crippen LogP contribution is 2.38. The molecule has 11 heteroatoms. The van der Waals surface area contributed by atoms with E-state index in [-0.39, 0.29) is 17.4 Å². The number of nitrogens with one attached hydrogen (secondary N) is 1. The molecule has 0 aliphatic carbocycles. The van der Waals surface area contributed by atoms with Gasteiger partial charge >= 0.3 is 6.18 Å². The van der Waals surface area contributed by atoms with E-state index in [4.69, 9.17) is 0 Å². The van der Waals surface area contributed by atoms with Crippen molar-refractivity contribution in [3.63, 3.8) is 0 Å². The van der Waals surface area contributed by atoms with Crippen LogP contribution in [0.25, 0.3) is 11.3 Å². The zero-order valence-electron chi connectivity index (χ0n) is 18.3. The molecule has 4 heterocycles. The van der Waals surface area contributed by atoms with Crippen LogP contribution in [0.4, 0.5) is 24.7 Å². The molecule has 0 aromatic carbocycles. The minimum absolute atomic E-state index is 0.0287.